The Kier molecular flexibility index (Phi) is 2.46. The molecule has 15 heavy (non-hydrogen) atoms. The van der Waals surface area contributed by atoms with Gasteiger partial charge in [-0.25, -0.2) is 13.5 Å². The van der Waals surface area contributed by atoms with Crippen molar-refractivity contribution in [2.45, 2.75) is 4.90 Å². The number of sulfone groups is 1. The van der Waals surface area contributed by atoms with E-state index in [4.69, 9.17) is 0 Å². The number of hydrogen-bond acceptors (Lipinski definition) is 2. The maximum Gasteiger partial charge on any atom is 0.206 e. The van der Waals surface area contributed by atoms with Gasteiger partial charge in [-0.15, -0.1) is 0 Å². The fraction of sp³-hybridized carbons (Fsp3) is 0.0909. The zero-order valence-electron chi connectivity index (χ0n) is 7.88. The van der Waals surface area contributed by atoms with Gasteiger partial charge in [-0.2, -0.15) is 0 Å². The highest BCUT2D eigenvalue weighted by Crippen LogP contribution is 2.23. The molecule has 0 amide bonds. The van der Waals surface area contributed by atoms with Crippen LogP contribution in [0.15, 0.2) is 47.4 Å². The third-order valence-electron chi connectivity index (χ3n) is 2.24. The first kappa shape index (κ1) is 10.1. The van der Waals surface area contributed by atoms with Gasteiger partial charge in [0.25, 0.3) is 0 Å². The van der Waals surface area contributed by atoms with Crippen LogP contribution >= 0.6 is 0 Å². The fourth-order valence-electron chi connectivity index (χ4n) is 1.53. The summed E-state index contributed by atoms with van der Waals surface area (Å²) in [6, 6.07) is 12.0. The first-order valence-corrected chi connectivity index (χ1v) is 6.09. The minimum absolute atomic E-state index is 0.121. The van der Waals surface area contributed by atoms with Crippen molar-refractivity contribution in [1.29, 1.82) is 0 Å². The first-order chi connectivity index (χ1) is 7.15. The van der Waals surface area contributed by atoms with Crippen molar-refractivity contribution in [3.63, 3.8) is 0 Å². The van der Waals surface area contributed by atoms with E-state index in [1.54, 1.807) is 18.2 Å². The Morgan fingerprint density at radius 1 is 0.933 bits per heavy atom. The lowest BCUT2D eigenvalue weighted by Crippen LogP contribution is -2.05. The molecule has 0 aromatic heterocycles. The van der Waals surface area contributed by atoms with Gasteiger partial charge in [0.15, 0.2) is 5.94 Å². The van der Waals surface area contributed by atoms with Crippen LogP contribution in [0, 0.1) is 0 Å². The number of rotatable bonds is 2. The molecule has 0 unspecified atom stereocenters. The van der Waals surface area contributed by atoms with E-state index in [0.717, 1.165) is 5.39 Å². The third-order valence-corrected chi connectivity index (χ3v) is 3.58. The molecule has 2 rings (SSSR count). The molecular weight excluding hydrogens is 212 g/mol. The molecule has 0 saturated heterocycles. The lowest BCUT2D eigenvalue weighted by atomic mass is 10.1. The SMILES string of the molecule is [O]CS(=O)(=O)c1cccc2ccccc12. The summed E-state index contributed by atoms with van der Waals surface area (Å²) in [5.74, 6) is -1.11. The van der Waals surface area contributed by atoms with Gasteiger partial charge in [-0.3, -0.25) is 0 Å². The largest absolute Gasteiger partial charge is 0.221 e. The van der Waals surface area contributed by atoms with Gasteiger partial charge in [0, 0.05) is 5.39 Å². The van der Waals surface area contributed by atoms with Crippen molar-refractivity contribution in [3.05, 3.63) is 42.5 Å². The van der Waals surface area contributed by atoms with Crippen LogP contribution in [-0.2, 0) is 14.9 Å². The summed E-state index contributed by atoms with van der Waals surface area (Å²) in [7, 11) is -3.68. The summed E-state index contributed by atoms with van der Waals surface area (Å²) in [5.41, 5.74) is 0. The summed E-state index contributed by atoms with van der Waals surface area (Å²) >= 11 is 0. The lowest BCUT2D eigenvalue weighted by Gasteiger charge is -2.04. The maximum absolute atomic E-state index is 11.5. The highest BCUT2D eigenvalue weighted by atomic mass is 32.2. The first-order valence-electron chi connectivity index (χ1n) is 4.44. The van der Waals surface area contributed by atoms with Crippen LogP contribution in [0.4, 0.5) is 0 Å². The van der Waals surface area contributed by atoms with E-state index in [9.17, 15) is 13.5 Å². The van der Waals surface area contributed by atoms with E-state index in [1.807, 2.05) is 18.2 Å². The van der Waals surface area contributed by atoms with Crippen molar-refractivity contribution in [2.24, 2.45) is 0 Å². The third kappa shape index (κ3) is 1.73. The maximum atomic E-state index is 11.5. The molecule has 0 aliphatic heterocycles. The molecule has 0 bridgehead atoms. The Labute approximate surface area is 87.9 Å². The van der Waals surface area contributed by atoms with Gasteiger partial charge in [0.2, 0.25) is 9.84 Å². The predicted molar refractivity (Wildman–Crippen MR) is 56.7 cm³/mol. The minimum Gasteiger partial charge on any atom is -0.221 e. The van der Waals surface area contributed by atoms with E-state index in [-0.39, 0.29) is 4.90 Å². The van der Waals surface area contributed by atoms with Crippen molar-refractivity contribution in [3.8, 4) is 0 Å². The summed E-state index contributed by atoms with van der Waals surface area (Å²) < 4.78 is 23.0. The molecular formula is C11H9O3S. The van der Waals surface area contributed by atoms with Gasteiger partial charge >= 0.3 is 0 Å². The van der Waals surface area contributed by atoms with Crippen LogP contribution in [0.3, 0.4) is 0 Å². The van der Waals surface area contributed by atoms with Gasteiger partial charge in [-0.1, -0.05) is 36.4 Å². The standard InChI is InChI=1S/C11H9O3S/c12-8-15(13,14)11-7-3-5-9-4-1-2-6-10(9)11/h1-7H,8H2. The number of hydrogen-bond donors (Lipinski definition) is 0. The molecule has 0 saturated carbocycles. The molecule has 77 valence electrons. The average Bonchev–Trinajstić information content (AvgIpc) is 2.28. The quantitative estimate of drug-likeness (QED) is 0.778. The summed E-state index contributed by atoms with van der Waals surface area (Å²) in [6.07, 6.45) is 0. The molecule has 0 aliphatic rings. The second-order valence-corrected chi connectivity index (χ2v) is 5.11. The molecule has 0 atom stereocenters. The van der Waals surface area contributed by atoms with Crippen molar-refractivity contribution < 1.29 is 13.5 Å². The summed E-state index contributed by atoms with van der Waals surface area (Å²) in [6.45, 7) is 0. The van der Waals surface area contributed by atoms with E-state index in [1.165, 1.54) is 6.07 Å². The second kappa shape index (κ2) is 3.64. The van der Waals surface area contributed by atoms with Crippen LogP contribution in [0.1, 0.15) is 0 Å². The Bertz CT molecular complexity index is 582. The molecule has 0 fully saturated rings. The summed E-state index contributed by atoms with van der Waals surface area (Å²) in [5, 5.41) is 12.0. The molecule has 2 aromatic carbocycles. The zero-order valence-corrected chi connectivity index (χ0v) is 8.70. The van der Waals surface area contributed by atoms with Gasteiger partial charge in [0.05, 0.1) is 4.90 Å². The topological polar surface area (TPSA) is 54.0 Å². The zero-order chi connectivity index (χ0) is 10.9. The molecule has 0 N–H and O–H groups in total. The Morgan fingerprint density at radius 2 is 1.60 bits per heavy atom. The molecule has 1 radical (unpaired) electrons. The summed E-state index contributed by atoms with van der Waals surface area (Å²) in [4.78, 5) is 0.121. The van der Waals surface area contributed by atoms with Gasteiger partial charge in [0.1, 0.15) is 0 Å². The van der Waals surface area contributed by atoms with Crippen molar-refractivity contribution in [1.82, 2.24) is 0 Å². The smallest absolute Gasteiger partial charge is 0.206 e. The average molecular weight is 221 g/mol. The van der Waals surface area contributed by atoms with E-state index < -0.39 is 15.8 Å². The monoisotopic (exact) mass is 221 g/mol. The molecule has 0 aliphatic carbocycles. The number of benzene rings is 2. The van der Waals surface area contributed by atoms with Crippen molar-refractivity contribution in [2.75, 3.05) is 5.94 Å². The van der Waals surface area contributed by atoms with Gasteiger partial charge in [-0.05, 0) is 11.5 Å². The van der Waals surface area contributed by atoms with Crippen LogP contribution < -0.4 is 0 Å². The normalized spacial score (nSPS) is 11.8. The van der Waals surface area contributed by atoms with E-state index in [2.05, 4.69) is 0 Å². The fourth-order valence-corrected chi connectivity index (χ4v) is 2.46. The van der Waals surface area contributed by atoms with Crippen LogP contribution in [-0.4, -0.2) is 14.4 Å². The molecule has 3 nitrogen and oxygen atoms in total. The van der Waals surface area contributed by atoms with Crippen molar-refractivity contribution >= 4 is 20.6 Å². The van der Waals surface area contributed by atoms with E-state index >= 15 is 0 Å². The molecule has 4 heteroatoms. The second-order valence-electron chi connectivity index (χ2n) is 3.21. The highest BCUT2D eigenvalue weighted by Gasteiger charge is 2.16. The molecule has 0 heterocycles. The predicted octanol–water partition coefficient (Wildman–Crippen LogP) is 2.00. The van der Waals surface area contributed by atoms with Crippen LogP contribution in [0.2, 0.25) is 0 Å². The Hall–Kier alpha value is -1.39. The van der Waals surface area contributed by atoms with Crippen LogP contribution in [0.5, 0.6) is 0 Å². The number of fused-ring (bicyclic) bond motifs is 1. The lowest BCUT2D eigenvalue weighted by molar-refractivity contribution is 0.250. The molecule has 2 aromatic rings. The van der Waals surface area contributed by atoms with E-state index in [0.29, 0.717) is 5.39 Å². The Balaban J connectivity index is 2.83. The Morgan fingerprint density at radius 3 is 2.33 bits per heavy atom. The minimum atomic E-state index is -3.68. The van der Waals surface area contributed by atoms with Crippen LogP contribution in [0.25, 0.3) is 10.8 Å². The van der Waals surface area contributed by atoms with Gasteiger partial charge < -0.3 is 0 Å². The highest BCUT2D eigenvalue weighted by molar-refractivity contribution is 7.91. The molecule has 0 spiro atoms.